The van der Waals surface area contributed by atoms with E-state index < -0.39 is 20.0 Å². The van der Waals surface area contributed by atoms with Crippen LogP contribution in [0.25, 0.3) is 0 Å². The van der Waals surface area contributed by atoms with Gasteiger partial charge in [0, 0.05) is 25.8 Å². The highest BCUT2D eigenvalue weighted by molar-refractivity contribution is 7.89. The first kappa shape index (κ1) is 15.9. The molecule has 108 valence electrons. The number of hydrogen-bond acceptors (Lipinski definition) is 5. The Morgan fingerprint density at radius 2 is 1.47 bits per heavy atom. The number of rotatable bonds is 7. The van der Waals surface area contributed by atoms with Gasteiger partial charge >= 0.3 is 0 Å². The van der Waals surface area contributed by atoms with Crippen LogP contribution in [-0.4, -0.2) is 43.2 Å². The summed E-state index contributed by atoms with van der Waals surface area (Å²) in [5.74, 6) is 0. The second-order valence-corrected chi connectivity index (χ2v) is 7.44. The van der Waals surface area contributed by atoms with E-state index >= 15 is 0 Å². The molecule has 0 saturated heterocycles. The van der Waals surface area contributed by atoms with Crippen LogP contribution in [0.3, 0.4) is 0 Å². The predicted octanol–water partition coefficient (Wildman–Crippen LogP) is -0.444. The molecule has 0 aliphatic rings. The van der Waals surface area contributed by atoms with Gasteiger partial charge in [0.1, 0.15) is 0 Å². The Morgan fingerprint density at radius 3 is 1.95 bits per heavy atom. The molecule has 3 N–H and O–H groups in total. The maximum Gasteiger partial charge on any atom is 0.240 e. The molecule has 0 spiro atoms. The van der Waals surface area contributed by atoms with Crippen LogP contribution < -0.4 is 14.8 Å². The number of nitrogens with one attached hydrogen (secondary N) is 3. The molecule has 9 heteroatoms. The maximum absolute atomic E-state index is 11.8. The van der Waals surface area contributed by atoms with Crippen LogP contribution in [0.5, 0.6) is 0 Å². The average Bonchev–Trinajstić information content (AvgIpc) is 2.34. The molecule has 7 nitrogen and oxygen atoms in total. The summed E-state index contributed by atoms with van der Waals surface area (Å²) in [6, 6.07) is 6.23. The van der Waals surface area contributed by atoms with Crippen molar-refractivity contribution in [2.24, 2.45) is 0 Å². The van der Waals surface area contributed by atoms with Gasteiger partial charge in [-0.25, -0.2) is 26.3 Å². The number of anilines is 1. The summed E-state index contributed by atoms with van der Waals surface area (Å²) in [6.45, 7) is -0.00412. The minimum absolute atomic E-state index is 0.00661. The van der Waals surface area contributed by atoms with Gasteiger partial charge in [-0.3, -0.25) is 0 Å². The van der Waals surface area contributed by atoms with Crippen LogP contribution in [0.15, 0.2) is 29.2 Å². The molecule has 0 aromatic heterocycles. The summed E-state index contributed by atoms with van der Waals surface area (Å²) in [5, 5.41) is 2.88. The Balaban J connectivity index is 2.60. The van der Waals surface area contributed by atoms with Crippen molar-refractivity contribution in [3.05, 3.63) is 24.3 Å². The SMILES string of the molecule is CNc1ccc(S(=O)(=O)NCCNS(C)(=O)=O)cc1. The second-order valence-electron chi connectivity index (χ2n) is 3.84. The zero-order valence-electron chi connectivity index (χ0n) is 10.7. The quantitative estimate of drug-likeness (QED) is 0.592. The van der Waals surface area contributed by atoms with Gasteiger partial charge in [-0.1, -0.05) is 0 Å². The van der Waals surface area contributed by atoms with Gasteiger partial charge < -0.3 is 5.32 Å². The molecule has 0 saturated carbocycles. The van der Waals surface area contributed by atoms with Gasteiger partial charge in [-0.15, -0.1) is 0 Å². The highest BCUT2D eigenvalue weighted by Crippen LogP contribution is 2.12. The van der Waals surface area contributed by atoms with Crippen molar-refractivity contribution in [1.82, 2.24) is 9.44 Å². The molecule has 0 amide bonds. The standard InChI is InChI=1S/C10H17N3O4S2/c1-11-9-3-5-10(6-4-9)19(16,17)13-8-7-12-18(2,14)15/h3-6,11-13H,7-8H2,1-2H3. The smallest absolute Gasteiger partial charge is 0.240 e. The van der Waals surface area contributed by atoms with Crippen molar-refractivity contribution in [3.8, 4) is 0 Å². The number of sulfonamides is 2. The lowest BCUT2D eigenvalue weighted by molar-refractivity contribution is 0.573. The molecular weight excluding hydrogens is 290 g/mol. The Morgan fingerprint density at radius 1 is 0.947 bits per heavy atom. The summed E-state index contributed by atoms with van der Waals surface area (Å²) in [4.78, 5) is 0.130. The highest BCUT2D eigenvalue weighted by atomic mass is 32.2. The Hall–Kier alpha value is -1.16. The van der Waals surface area contributed by atoms with Gasteiger partial charge in [0.15, 0.2) is 0 Å². The zero-order valence-corrected chi connectivity index (χ0v) is 12.3. The van der Waals surface area contributed by atoms with Crippen molar-refractivity contribution in [2.75, 3.05) is 31.7 Å². The molecule has 0 radical (unpaired) electrons. The molecule has 0 aliphatic carbocycles. The van der Waals surface area contributed by atoms with E-state index in [0.29, 0.717) is 0 Å². The third-order valence-electron chi connectivity index (χ3n) is 2.23. The van der Waals surface area contributed by atoms with Crippen LogP contribution in [0.2, 0.25) is 0 Å². The van der Waals surface area contributed by atoms with Crippen LogP contribution in [0, 0.1) is 0 Å². The van der Waals surface area contributed by atoms with Gasteiger partial charge in [-0.2, -0.15) is 0 Å². The monoisotopic (exact) mass is 307 g/mol. The van der Waals surface area contributed by atoms with Crippen molar-refractivity contribution in [2.45, 2.75) is 4.90 Å². The summed E-state index contributed by atoms with van der Waals surface area (Å²) < 4.78 is 49.8. The third kappa shape index (κ3) is 5.55. The minimum atomic E-state index is -3.62. The fourth-order valence-corrected chi connectivity index (χ4v) is 2.81. The lowest BCUT2D eigenvalue weighted by Gasteiger charge is -2.08. The molecule has 1 rings (SSSR count). The molecule has 19 heavy (non-hydrogen) atoms. The molecule has 0 heterocycles. The average molecular weight is 307 g/mol. The Kier molecular flexibility index (Phi) is 5.29. The van der Waals surface area contributed by atoms with Crippen LogP contribution in [-0.2, 0) is 20.0 Å². The lowest BCUT2D eigenvalue weighted by atomic mass is 10.3. The largest absolute Gasteiger partial charge is 0.388 e. The van der Waals surface area contributed by atoms with Gasteiger partial charge in [0.2, 0.25) is 20.0 Å². The minimum Gasteiger partial charge on any atom is -0.388 e. The Labute approximate surface area is 113 Å². The van der Waals surface area contributed by atoms with E-state index in [1.807, 2.05) is 0 Å². The van der Waals surface area contributed by atoms with Gasteiger partial charge in [0.25, 0.3) is 0 Å². The van der Waals surface area contributed by atoms with Gasteiger partial charge in [0.05, 0.1) is 11.2 Å². The van der Waals surface area contributed by atoms with E-state index in [1.165, 1.54) is 12.1 Å². The summed E-state index contributed by atoms with van der Waals surface area (Å²) in [6.07, 6.45) is 1.01. The number of hydrogen-bond donors (Lipinski definition) is 3. The number of benzene rings is 1. The van der Waals surface area contributed by atoms with Crippen LogP contribution in [0.4, 0.5) is 5.69 Å². The summed E-state index contributed by atoms with van der Waals surface area (Å²) in [7, 11) is -5.19. The van der Waals surface area contributed by atoms with Gasteiger partial charge in [-0.05, 0) is 24.3 Å². The fraction of sp³-hybridized carbons (Fsp3) is 0.400. The first-order valence-corrected chi connectivity index (χ1v) is 8.84. The van der Waals surface area contributed by atoms with E-state index in [2.05, 4.69) is 14.8 Å². The van der Waals surface area contributed by atoms with Crippen LogP contribution in [0.1, 0.15) is 0 Å². The molecule has 0 bridgehead atoms. The second kappa shape index (κ2) is 6.33. The van der Waals surface area contributed by atoms with Crippen molar-refractivity contribution in [1.29, 1.82) is 0 Å². The van der Waals surface area contributed by atoms with Crippen molar-refractivity contribution < 1.29 is 16.8 Å². The topological polar surface area (TPSA) is 104 Å². The molecule has 0 atom stereocenters. The zero-order chi connectivity index (χ0) is 14.5. The highest BCUT2D eigenvalue weighted by Gasteiger charge is 2.13. The summed E-state index contributed by atoms with van der Waals surface area (Å²) >= 11 is 0. The Bertz CT molecular complexity index is 609. The van der Waals surface area contributed by atoms with E-state index in [4.69, 9.17) is 0 Å². The fourth-order valence-electron chi connectivity index (χ4n) is 1.31. The maximum atomic E-state index is 11.8. The first-order chi connectivity index (χ1) is 8.74. The third-order valence-corrected chi connectivity index (χ3v) is 4.44. The van der Waals surface area contributed by atoms with E-state index in [9.17, 15) is 16.8 Å². The van der Waals surface area contributed by atoms with Crippen molar-refractivity contribution >= 4 is 25.7 Å². The first-order valence-electron chi connectivity index (χ1n) is 5.47. The van der Waals surface area contributed by atoms with E-state index in [-0.39, 0.29) is 18.0 Å². The van der Waals surface area contributed by atoms with Crippen molar-refractivity contribution in [3.63, 3.8) is 0 Å². The molecular formula is C10H17N3O4S2. The normalized spacial score (nSPS) is 12.3. The molecule has 1 aromatic carbocycles. The molecule has 0 aliphatic heterocycles. The van der Waals surface area contributed by atoms with E-state index in [1.54, 1.807) is 19.2 Å². The molecule has 0 fully saturated rings. The molecule has 1 aromatic rings. The van der Waals surface area contributed by atoms with E-state index in [0.717, 1.165) is 11.9 Å². The summed E-state index contributed by atoms with van der Waals surface area (Å²) in [5.41, 5.74) is 0.803. The lowest BCUT2D eigenvalue weighted by Crippen LogP contribution is -2.34. The predicted molar refractivity (Wildman–Crippen MR) is 74.0 cm³/mol. The molecule has 0 unspecified atom stereocenters. The van der Waals surface area contributed by atoms with Crippen LogP contribution >= 0.6 is 0 Å².